The lowest BCUT2D eigenvalue weighted by molar-refractivity contribution is 0.0640. The standard InChI is InChI=1S/C13H17BrN2O2/c1-13(6-3-7-15)9-16(12(17)18-13)11-5-2-4-10(14)8-11/h2,4-5,8H,3,6-7,9,15H2,1H3. The van der Waals surface area contributed by atoms with Crippen LogP contribution in [0.15, 0.2) is 28.7 Å². The molecule has 0 radical (unpaired) electrons. The summed E-state index contributed by atoms with van der Waals surface area (Å²) in [4.78, 5) is 13.6. The maximum absolute atomic E-state index is 11.9. The van der Waals surface area contributed by atoms with E-state index >= 15 is 0 Å². The molecule has 5 heteroatoms. The molecule has 1 aromatic carbocycles. The molecular formula is C13H17BrN2O2. The van der Waals surface area contributed by atoms with Crippen LogP contribution in [0.1, 0.15) is 19.8 Å². The first-order valence-electron chi connectivity index (χ1n) is 6.00. The van der Waals surface area contributed by atoms with Gasteiger partial charge < -0.3 is 10.5 Å². The first-order chi connectivity index (χ1) is 8.54. The van der Waals surface area contributed by atoms with Gasteiger partial charge in [-0.2, -0.15) is 0 Å². The third-order valence-electron chi connectivity index (χ3n) is 3.08. The molecule has 1 fully saturated rings. The SMILES string of the molecule is CC1(CCCN)CN(c2cccc(Br)c2)C(=O)O1. The van der Waals surface area contributed by atoms with Gasteiger partial charge in [0.25, 0.3) is 0 Å². The third kappa shape index (κ3) is 2.84. The summed E-state index contributed by atoms with van der Waals surface area (Å²) in [6.45, 7) is 3.14. The number of rotatable bonds is 4. The van der Waals surface area contributed by atoms with Gasteiger partial charge in [-0.15, -0.1) is 0 Å². The highest BCUT2D eigenvalue weighted by atomic mass is 79.9. The van der Waals surface area contributed by atoms with E-state index in [1.165, 1.54) is 0 Å². The molecule has 4 nitrogen and oxygen atoms in total. The van der Waals surface area contributed by atoms with E-state index in [1.807, 2.05) is 31.2 Å². The van der Waals surface area contributed by atoms with Gasteiger partial charge in [0.05, 0.1) is 6.54 Å². The molecule has 1 aliphatic rings. The summed E-state index contributed by atoms with van der Waals surface area (Å²) in [5, 5.41) is 0. The number of benzene rings is 1. The minimum atomic E-state index is -0.432. The van der Waals surface area contributed by atoms with Crippen LogP contribution in [0, 0.1) is 0 Å². The maximum atomic E-state index is 11.9. The van der Waals surface area contributed by atoms with Crippen LogP contribution in [-0.4, -0.2) is 24.8 Å². The molecule has 1 amide bonds. The Hall–Kier alpha value is -1.07. The molecule has 18 heavy (non-hydrogen) atoms. The number of anilines is 1. The Balaban J connectivity index is 2.14. The molecule has 1 atom stereocenters. The largest absolute Gasteiger partial charge is 0.441 e. The highest BCUT2D eigenvalue weighted by molar-refractivity contribution is 9.10. The zero-order valence-electron chi connectivity index (χ0n) is 10.4. The number of carbonyl (C=O) groups is 1. The number of cyclic esters (lactones) is 1. The van der Waals surface area contributed by atoms with E-state index < -0.39 is 5.60 Å². The molecule has 1 aromatic rings. The van der Waals surface area contributed by atoms with Gasteiger partial charge in [0.1, 0.15) is 5.60 Å². The van der Waals surface area contributed by atoms with E-state index in [0.29, 0.717) is 13.1 Å². The lowest BCUT2D eigenvalue weighted by Crippen LogP contribution is -2.31. The normalized spacial score (nSPS) is 23.3. The highest BCUT2D eigenvalue weighted by Gasteiger charge is 2.41. The van der Waals surface area contributed by atoms with Crippen molar-refractivity contribution < 1.29 is 9.53 Å². The average Bonchev–Trinajstić information content (AvgIpc) is 2.63. The van der Waals surface area contributed by atoms with Crippen LogP contribution in [0.3, 0.4) is 0 Å². The summed E-state index contributed by atoms with van der Waals surface area (Å²) in [7, 11) is 0. The van der Waals surface area contributed by atoms with Crippen LogP contribution in [0.5, 0.6) is 0 Å². The van der Waals surface area contributed by atoms with E-state index in [9.17, 15) is 4.79 Å². The van der Waals surface area contributed by atoms with Crippen molar-refractivity contribution in [1.29, 1.82) is 0 Å². The van der Waals surface area contributed by atoms with Crippen LogP contribution in [0.2, 0.25) is 0 Å². The fourth-order valence-electron chi connectivity index (χ4n) is 2.14. The topological polar surface area (TPSA) is 55.6 Å². The van der Waals surface area contributed by atoms with Crippen LogP contribution < -0.4 is 10.6 Å². The first-order valence-corrected chi connectivity index (χ1v) is 6.79. The molecule has 0 saturated carbocycles. The molecule has 0 bridgehead atoms. The fraction of sp³-hybridized carbons (Fsp3) is 0.462. The number of hydrogen-bond donors (Lipinski definition) is 1. The zero-order chi connectivity index (χ0) is 13.2. The Morgan fingerprint density at radius 3 is 3.00 bits per heavy atom. The van der Waals surface area contributed by atoms with Crippen LogP contribution in [0.4, 0.5) is 10.5 Å². The van der Waals surface area contributed by atoms with Gasteiger partial charge in [-0.3, -0.25) is 4.90 Å². The van der Waals surface area contributed by atoms with Gasteiger partial charge in [-0.25, -0.2) is 4.79 Å². The highest BCUT2D eigenvalue weighted by Crippen LogP contribution is 2.31. The average molecular weight is 313 g/mol. The van der Waals surface area contributed by atoms with Gasteiger partial charge in [-0.05, 0) is 44.5 Å². The molecule has 0 spiro atoms. The van der Waals surface area contributed by atoms with Gasteiger partial charge in [0.15, 0.2) is 0 Å². The minimum absolute atomic E-state index is 0.285. The van der Waals surface area contributed by atoms with Crippen molar-refractivity contribution in [2.24, 2.45) is 5.73 Å². The number of nitrogens with two attached hydrogens (primary N) is 1. The number of nitrogens with zero attached hydrogens (tertiary/aromatic N) is 1. The fourth-order valence-corrected chi connectivity index (χ4v) is 2.53. The lowest BCUT2D eigenvalue weighted by Gasteiger charge is -2.21. The molecular weight excluding hydrogens is 296 g/mol. The monoisotopic (exact) mass is 312 g/mol. The van der Waals surface area contributed by atoms with Crippen molar-refractivity contribution in [3.8, 4) is 0 Å². The van der Waals surface area contributed by atoms with Crippen molar-refractivity contribution in [3.05, 3.63) is 28.7 Å². The van der Waals surface area contributed by atoms with Crippen molar-refractivity contribution >= 4 is 27.7 Å². The molecule has 1 saturated heterocycles. The quantitative estimate of drug-likeness (QED) is 0.930. The second-order valence-electron chi connectivity index (χ2n) is 4.78. The summed E-state index contributed by atoms with van der Waals surface area (Å²) >= 11 is 3.40. The summed E-state index contributed by atoms with van der Waals surface area (Å²) in [6.07, 6.45) is 1.36. The first kappa shape index (κ1) is 13.4. The van der Waals surface area contributed by atoms with Crippen LogP contribution in [-0.2, 0) is 4.74 Å². The van der Waals surface area contributed by atoms with E-state index in [4.69, 9.17) is 10.5 Å². The number of hydrogen-bond acceptors (Lipinski definition) is 3. The molecule has 2 N–H and O–H groups in total. The Morgan fingerprint density at radius 1 is 1.56 bits per heavy atom. The summed E-state index contributed by atoms with van der Waals surface area (Å²) in [5.41, 5.74) is 5.93. The van der Waals surface area contributed by atoms with Gasteiger partial charge in [0, 0.05) is 10.2 Å². The molecule has 0 aromatic heterocycles. The Morgan fingerprint density at radius 2 is 2.33 bits per heavy atom. The Labute approximate surface area is 115 Å². The second kappa shape index (κ2) is 5.28. The molecule has 1 unspecified atom stereocenters. The van der Waals surface area contributed by atoms with Gasteiger partial charge in [0.2, 0.25) is 0 Å². The lowest BCUT2D eigenvalue weighted by atomic mass is 10.00. The van der Waals surface area contributed by atoms with E-state index in [0.717, 1.165) is 23.0 Å². The summed E-state index contributed by atoms with van der Waals surface area (Å²) in [6, 6.07) is 7.65. The summed E-state index contributed by atoms with van der Waals surface area (Å²) < 4.78 is 6.42. The smallest absolute Gasteiger partial charge is 0.415 e. The predicted molar refractivity (Wildman–Crippen MR) is 74.7 cm³/mol. The van der Waals surface area contributed by atoms with Crippen molar-refractivity contribution in [1.82, 2.24) is 0 Å². The minimum Gasteiger partial charge on any atom is -0.441 e. The van der Waals surface area contributed by atoms with Crippen molar-refractivity contribution in [3.63, 3.8) is 0 Å². The van der Waals surface area contributed by atoms with Crippen LogP contribution >= 0.6 is 15.9 Å². The number of halogens is 1. The molecule has 0 aliphatic carbocycles. The molecule has 98 valence electrons. The van der Waals surface area contributed by atoms with Crippen LogP contribution in [0.25, 0.3) is 0 Å². The van der Waals surface area contributed by atoms with E-state index in [1.54, 1.807) is 4.90 Å². The zero-order valence-corrected chi connectivity index (χ0v) is 11.9. The number of amides is 1. The number of carbonyl (C=O) groups excluding carboxylic acids is 1. The molecule has 2 rings (SSSR count). The predicted octanol–water partition coefficient (Wildman–Crippen LogP) is 2.90. The second-order valence-corrected chi connectivity index (χ2v) is 5.69. The van der Waals surface area contributed by atoms with E-state index in [2.05, 4.69) is 15.9 Å². The Bertz CT molecular complexity index is 452. The molecule has 1 aliphatic heterocycles. The van der Waals surface area contributed by atoms with Gasteiger partial charge >= 0.3 is 6.09 Å². The third-order valence-corrected chi connectivity index (χ3v) is 3.57. The van der Waals surface area contributed by atoms with Crippen molar-refractivity contribution in [2.75, 3.05) is 18.0 Å². The van der Waals surface area contributed by atoms with E-state index in [-0.39, 0.29) is 6.09 Å². The number of ether oxygens (including phenoxy) is 1. The maximum Gasteiger partial charge on any atom is 0.415 e. The summed E-state index contributed by atoms with van der Waals surface area (Å²) in [5.74, 6) is 0. The van der Waals surface area contributed by atoms with Gasteiger partial charge in [-0.1, -0.05) is 22.0 Å². The molecule has 1 heterocycles. The Kier molecular flexibility index (Phi) is 3.92. The van der Waals surface area contributed by atoms with Crippen molar-refractivity contribution in [2.45, 2.75) is 25.4 Å².